The van der Waals surface area contributed by atoms with Gasteiger partial charge < -0.3 is 8.85 Å². The van der Waals surface area contributed by atoms with Gasteiger partial charge in [0.05, 0.1) is 12.5 Å². The van der Waals surface area contributed by atoms with Gasteiger partial charge in [0.1, 0.15) is 0 Å². The minimum Gasteiger partial charge on any atom is -0.513 e. The third kappa shape index (κ3) is 5.36. The van der Waals surface area contributed by atoms with E-state index in [-0.39, 0.29) is 0 Å². The van der Waals surface area contributed by atoms with Crippen LogP contribution in [0.3, 0.4) is 0 Å². The van der Waals surface area contributed by atoms with Crippen LogP contribution in [0.2, 0.25) is 0 Å². The summed E-state index contributed by atoms with van der Waals surface area (Å²) in [6, 6.07) is 20.6. The fraction of sp³-hybridized carbons (Fsp3) is 0.273. The summed E-state index contributed by atoms with van der Waals surface area (Å²) in [6.07, 6.45) is 12.0. The fourth-order valence-corrected chi connectivity index (χ4v) is 5.31. The highest BCUT2D eigenvalue weighted by molar-refractivity contribution is 6.92. The molecule has 0 bridgehead atoms. The second-order valence-corrected chi connectivity index (χ2v) is 8.76. The normalized spacial score (nSPS) is 11.9. The molecule has 0 aliphatic heterocycles. The van der Waals surface area contributed by atoms with Crippen LogP contribution in [-0.4, -0.2) is 8.56 Å². The maximum Gasteiger partial charge on any atom is 0.530 e. The summed E-state index contributed by atoms with van der Waals surface area (Å²) in [5.74, 6) is 0. The first kappa shape index (κ1) is 19.1. The zero-order valence-electron chi connectivity index (χ0n) is 15.2. The predicted molar refractivity (Wildman–Crippen MR) is 108 cm³/mol. The first-order valence-electron chi connectivity index (χ1n) is 9.10. The molecule has 0 fully saturated rings. The highest BCUT2D eigenvalue weighted by Crippen LogP contribution is 2.12. The van der Waals surface area contributed by atoms with Crippen LogP contribution in [0.4, 0.5) is 0 Å². The molecule has 0 aliphatic carbocycles. The van der Waals surface area contributed by atoms with Gasteiger partial charge in [-0.2, -0.15) is 0 Å². The topological polar surface area (TPSA) is 18.5 Å². The van der Waals surface area contributed by atoms with Gasteiger partial charge in [-0.25, -0.2) is 0 Å². The third-order valence-corrected chi connectivity index (χ3v) is 7.00. The lowest BCUT2D eigenvalue weighted by atomic mass is 10.3. The average molecular weight is 353 g/mol. The van der Waals surface area contributed by atoms with E-state index in [1.54, 1.807) is 0 Å². The van der Waals surface area contributed by atoms with Gasteiger partial charge in [0.2, 0.25) is 0 Å². The van der Waals surface area contributed by atoms with Gasteiger partial charge in [0.25, 0.3) is 0 Å². The molecule has 0 heterocycles. The van der Waals surface area contributed by atoms with Crippen LogP contribution in [-0.2, 0) is 8.85 Å². The fourth-order valence-electron chi connectivity index (χ4n) is 2.54. The summed E-state index contributed by atoms with van der Waals surface area (Å²) in [4.78, 5) is 0. The lowest BCUT2D eigenvalue weighted by Crippen LogP contribution is -2.61. The molecule has 0 amide bonds. The molecule has 0 N–H and O–H groups in total. The van der Waals surface area contributed by atoms with Gasteiger partial charge in [-0.3, -0.25) is 0 Å². The highest BCUT2D eigenvalue weighted by atomic mass is 28.4. The van der Waals surface area contributed by atoms with Crippen LogP contribution >= 0.6 is 0 Å². The van der Waals surface area contributed by atoms with E-state index in [9.17, 15) is 0 Å². The van der Waals surface area contributed by atoms with Gasteiger partial charge >= 0.3 is 8.56 Å². The van der Waals surface area contributed by atoms with E-state index in [1.165, 1.54) is 0 Å². The lowest BCUT2D eigenvalue weighted by Gasteiger charge is -2.29. The van der Waals surface area contributed by atoms with E-state index >= 15 is 0 Å². The minimum atomic E-state index is -2.82. The van der Waals surface area contributed by atoms with Crippen molar-refractivity contribution in [2.24, 2.45) is 0 Å². The molecule has 2 aromatic rings. The molecule has 3 heteroatoms. The minimum absolute atomic E-state index is 1.000. The molecule has 0 aromatic heterocycles. The molecular formula is C22H28O2Si. The molecule has 132 valence electrons. The van der Waals surface area contributed by atoms with Crippen LogP contribution < -0.4 is 10.4 Å². The Morgan fingerprint density at radius 1 is 0.680 bits per heavy atom. The smallest absolute Gasteiger partial charge is 0.513 e. The molecule has 25 heavy (non-hydrogen) atoms. The number of benzene rings is 2. The quantitative estimate of drug-likeness (QED) is 0.447. The second kappa shape index (κ2) is 10.6. The van der Waals surface area contributed by atoms with Crippen LogP contribution in [0.1, 0.15) is 39.5 Å². The summed E-state index contributed by atoms with van der Waals surface area (Å²) in [6.45, 7) is 4.32. The SMILES string of the molecule is CCCC=CO[Si](OC=CCCC)(c1ccccc1)c1ccccc1. The summed E-state index contributed by atoms with van der Waals surface area (Å²) in [7, 11) is -2.82. The summed E-state index contributed by atoms with van der Waals surface area (Å²) in [5, 5.41) is 2.20. The van der Waals surface area contributed by atoms with Crippen molar-refractivity contribution in [1.29, 1.82) is 0 Å². The molecule has 0 saturated carbocycles. The van der Waals surface area contributed by atoms with Crippen LogP contribution in [0, 0.1) is 0 Å². The third-order valence-electron chi connectivity index (χ3n) is 3.88. The molecule has 0 unspecified atom stereocenters. The van der Waals surface area contributed by atoms with Crippen molar-refractivity contribution < 1.29 is 8.85 Å². The van der Waals surface area contributed by atoms with E-state index in [1.807, 2.05) is 48.9 Å². The second-order valence-electron chi connectivity index (χ2n) is 5.91. The lowest BCUT2D eigenvalue weighted by molar-refractivity contribution is 0.334. The van der Waals surface area contributed by atoms with Crippen molar-refractivity contribution in [2.75, 3.05) is 0 Å². The summed E-state index contributed by atoms with van der Waals surface area (Å²) >= 11 is 0. The van der Waals surface area contributed by atoms with Crippen molar-refractivity contribution in [3.8, 4) is 0 Å². The molecule has 0 aliphatic rings. The Balaban J connectivity index is 2.44. The summed E-state index contributed by atoms with van der Waals surface area (Å²) < 4.78 is 12.7. The first-order chi connectivity index (χ1) is 12.3. The number of allylic oxidation sites excluding steroid dienone is 2. The van der Waals surface area contributed by atoms with Crippen molar-refractivity contribution in [1.82, 2.24) is 0 Å². The molecule has 0 spiro atoms. The standard InChI is InChI=1S/C22H28O2Si/c1-3-5-13-19-23-25(24-20-14-6-4-2,21-15-9-7-10-16-21)22-17-11-8-12-18-22/h7-20H,3-6H2,1-2H3. The van der Waals surface area contributed by atoms with Crippen LogP contribution in [0.15, 0.2) is 85.3 Å². The number of rotatable bonds is 10. The van der Waals surface area contributed by atoms with Crippen molar-refractivity contribution >= 4 is 18.9 Å². The van der Waals surface area contributed by atoms with E-state index in [0.29, 0.717) is 0 Å². The zero-order valence-corrected chi connectivity index (χ0v) is 16.2. The monoisotopic (exact) mass is 352 g/mol. The van der Waals surface area contributed by atoms with Crippen molar-refractivity contribution in [2.45, 2.75) is 39.5 Å². The van der Waals surface area contributed by atoms with Crippen LogP contribution in [0.5, 0.6) is 0 Å². The molecule has 0 atom stereocenters. The predicted octanol–water partition coefficient (Wildman–Crippen LogP) is 4.90. The average Bonchev–Trinajstić information content (AvgIpc) is 2.68. The Hall–Kier alpha value is -2.26. The molecule has 2 rings (SSSR count). The largest absolute Gasteiger partial charge is 0.530 e. The zero-order chi connectivity index (χ0) is 17.8. The van der Waals surface area contributed by atoms with E-state index in [4.69, 9.17) is 8.85 Å². The Labute approximate surface area is 153 Å². The van der Waals surface area contributed by atoms with E-state index < -0.39 is 8.56 Å². The molecule has 2 nitrogen and oxygen atoms in total. The molecule has 2 aromatic carbocycles. The number of unbranched alkanes of at least 4 members (excludes halogenated alkanes) is 2. The van der Waals surface area contributed by atoms with Crippen molar-refractivity contribution in [3.05, 3.63) is 85.3 Å². The Morgan fingerprint density at radius 2 is 1.08 bits per heavy atom. The Morgan fingerprint density at radius 3 is 1.44 bits per heavy atom. The molecule has 0 radical (unpaired) electrons. The molecule has 0 saturated heterocycles. The highest BCUT2D eigenvalue weighted by Gasteiger charge is 2.45. The van der Waals surface area contributed by atoms with Gasteiger partial charge in [-0.05, 0) is 12.8 Å². The Bertz CT molecular complexity index is 591. The summed E-state index contributed by atoms with van der Waals surface area (Å²) in [5.41, 5.74) is 0. The van der Waals surface area contributed by atoms with E-state index in [2.05, 4.69) is 50.3 Å². The first-order valence-corrected chi connectivity index (χ1v) is 10.9. The Kier molecular flexibility index (Phi) is 8.06. The maximum atomic E-state index is 6.37. The van der Waals surface area contributed by atoms with Crippen molar-refractivity contribution in [3.63, 3.8) is 0 Å². The van der Waals surface area contributed by atoms with Gasteiger partial charge in [0, 0.05) is 10.4 Å². The number of hydrogen-bond acceptors (Lipinski definition) is 2. The van der Waals surface area contributed by atoms with Gasteiger partial charge in [-0.1, -0.05) is 99.5 Å². The number of hydrogen-bond donors (Lipinski definition) is 0. The van der Waals surface area contributed by atoms with Crippen LogP contribution in [0.25, 0.3) is 0 Å². The van der Waals surface area contributed by atoms with E-state index in [0.717, 1.165) is 36.1 Å². The molecular weight excluding hydrogens is 324 g/mol. The van der Waals surface area contributed by atoms with Gasteiger partial charge in [0.15, 0.2) is 0 Å². The van der Waals surface area contributed by atoms with Gasteiger partial charge in [-0.15, -0.1) is 0 Å². The maximum absolute atomic E-state index is 6.37.